The molecule has 0 aliphatic rings. The van der Waals surface area contributed by atoms with Gasteiger partial charge in [0.05, 0.1) is 12.8 Å². The minimum Gasteiger partial charge on any atom is -0.485 e. The molecule has 118 valence electrons. The molecule has 0 fully saturated rings. The van der Waals surface area contributed by atoms with E-state index >= 15 is 0 Å². The van der Waals surface area contributed by atoms with Crippen molar-refractivity contribution >= 4 is 11.6 Å². The van der Waals surface area contributed by atoms with Crippen LogP contribution in [0.1, 0.15) is 30.9 Å². The van der Waals surface area contributed by atoms with E-state index < -0.39 is 0 Å². The maximum absolute atomic E-state index is 12.1. The molecule has 1 aromatic carbocycles. The molecule has 2 rings (SSSR count). The van der Waals surface area contributed by atoms with Crippen molar-refractivity contribution in [1.29, 1.82) is 0 Å². The first kappa shape index (κ1) is 16.5. The van der Waals surface area contributed by atoms with Gasteiger partial charge in [-0.25, -0.2) is 4.68 Å². The third kappa shape index (κ3) is 4.08. The van der Waals surface area contributed by atoms with Gasteiger partial charge in [0.15, 0.2) is 10.8 Å². The number of aliphatic hydroxyl groups is 1. The quantitative estimate of drug-likeness (QED) is 0.851. The van der Waals surface area contributed by atoms with Crippen molar-refractivity contribution in [3.8, 4) is 5.75 Å². The van der Waals surface area contributed by atoms with Gasteiger partial charge in [-0.15, -0.1) is 0 Å². The fourth-order valence-corrected chi connectivity index (χ4v) is 2.12. The summed E-state index contributed by atoms with van der Waals surface area (Å²) < 4.78 is 6.92. The summed E-state index contributed by atoms with van der Waals surface area (Å²) in [5, 5.41) is 13.1. The van der Waals surface area contributed by atoms with Gasteiger partial charge in [0.1, 0.15) is 6.61 Å². The first-order valence-corrected chi connectivity index (χ1v) is 7.60. The Bertz CT molecular complexity index is 668. The number of aliphatic hydroxyl groups excluding tert-OH is 1. The Hall–Kier alpha value is -1.85. The highest BCUT2D eigenvalue weighted by Crippen LogP contribution is 2.20. The van der Waals surface area contributed by atoms with E-state index in [-0.39, 0.29) is 29.5 Å². The molecule has 1 heterocycles. The highest BCUT2D eigenvalue weighted by molar-refractivity contribution is 6.31. The zero-order valence-electron chi connectivity index (χ0n) is 12.5. The number of aryl methyl sites for hydroxylation is 1. The van der Waals surface area contributed by atoms with E-state index in [1.54, 1.807) is 0 Å². The lowest BCUT2D eigenvalue weighted by atomic mass is 10.1. The smallest absolute Gasteiger partial charge is 0.289 e. The molecule has 0 amide bonds. The summed E-state index contributed by atoms with van der Waals surface area (Å²) in [6.45, 7) is 2.89. The summed E-state index contributed by atoms with van der Waals surface area (Å²) in [6.07, 6.45) is 3.33. The van der Waals surface area contributed by atoms with Crippen molar-refractivity contribution in [3.05, 3.63) is 57.0 Å². The van der Waals surface area contributed by atoms with Crippen molar-refractivity contribution < 1.29 is 9.84 Å². The van der Waals surface area contributed by atoms with Crippen molar-refractivity contribution in [1.82, 2.24) is 9.78 Å². The highest BCUT2D eigenvalue weighted by Gasteiger charge is 2.10. The van der Waals surface area contributed by atoms with Crippen LogP contribution in [-0.2, 0) is 19.8 Å². The molecule has 0 aliphatic carbocycles. The third-order valence-corrected chi connectivity index (χ3v) is 3.62. The van der Waals surface area contributed by atoms with Crippen LogP contribution in [0.25, 0.3) is 0 Å². The van der Waals surface area contributed by atoms with E-state index in [4.69, 9.17) is 21.4 Å². The number of unbranched alkanes of at least 4 members (excludes halogenated alkanes) is 1. The molecule has 0 unspecified atom stereocenters. The van der Waals surface area contributed by atoms with Gasteiger partial charge in [0.25, 0.3) is 5.56 Å². The van der Waals surface area contributed by atoms with Gasteiger partial charge >= 0.3 is 0 Å². The van der Waals surface area contributed by atoms with Crippen LogP contribution < -0.4 is 10.3 Å². The Morgan fingerprint density at radius 1 is 1.27 bits per heavy atom. The van der Waals surface area contributed by atoms with Crippen LogP contribution in [0.4, 0.5) is 0 Å². The Labute approximate surface area is 134 Å². The standard InChI is InChI=1S/C16H19ClN2O3/c1-2-3-8-19-16(21)15(17)14(9-18-19)22-11-13-6-4-12(10-20)5-7-13/h4-7,9,20H,2-3,8,10-11H2,1H3. The zero-order valence-corrected chi connectivity index (χ0v) is 13.2. The molecule has 5 nitrogen and oxygen atoms in total. The average Bonchev–Trinajstić information content (AvgIpc) is 2.56. The third-order valence-electron chi connectivity index (χ3n) is 3.28. The first-order valence-electron chi connectivity index (χ1n) is 7.22. The normalized spacial score (nSPS) is 10.7. The van der Waals surface area contributed by atoms with E-state index in [0.717, 1.165) is 24.0 Å². The molecule has 0 bridgehead atoms. The van der Waals surface area contributed by atoms with Crippen LogP contribution in [0.5, 0.6) is 5.75 Å². The Kier molecular flexibility index (Phi) is 5.98. The first-order chi connectivity index (χ1) is 10.7. The molecule has 1 N–H and O–H groups in total. The monoisotopic (exact) mass is 322 g/mol. The molecule has 0 spiro atoms. The number of rotatable bonds is 7. The van der Waals surface area contributed by atoms with Crippen molar-refractivity contribution in [2.24, 2.45) is 0 Å². The number of aromatic nitrogens is 2. The number of benzene rings is 1. The lowest BCUT2D eigenvalue weighted by Gasteiger charge is -2.10. The number of halogens is 1. The van der Waals surface area contributed by atoms with E-state index in [2.05, 4.69) is 5.10 Å². The van der Waals surface area contributed by atoms with Gasteiger partial charge < -0.3 is 9.84 Å². The van der Waals surface area contributed by atoms with E-state index in [1.165, 1.54) is 10.9 Å². The van der Waals surface area contributed by atoms with Gasteiger partial charge in [-0.05, 0) is 17.5 Å². The maximum atomic E-state index is 12.1. The van der Waals surface area contributed by atoms with Crippen molar-refractivity contribution in [3.63, 3.8) is 0 Å². The highest BCUT2D eigenvalue weighted by atomic mass is 35.5. The van der Waals surface area contributed by atoms with Crippen LogP contribution in [0, 0.1) is 0 Å². The number of hydrogen-bond donors (Lipinski definition) is 1. The summed E-state index contributed by atoms with van der Waals surface area (Å²) in [4.78, 5) is 12.1. The average molecular weight is 323 g/mol. The molecule has 0 saturated heterocycles. The van der Waals surface area contributed by atoms with Gasteiger partial charge in [0, 0.05) is 6.54 Å². The number of nitrogens with zero attached hydrogens (tertiary/aromatic N) is 2. The summed E-state index contributed by atoms with van der Waals surface area (Å²) in [5.41, 5.74) is 1.42. The van der Waals surface area contributed by atoms with Crippen LogP contribution >= 0.6 is 11.6 Å². The van der Waals surface area contributed by atoms with Gasteiger partial charge in [-0.2, -0.15) is 5.10 Å². The summed E-state index contributed by atoms with van der Waals surface area (Å²) >= 11 is 6.06. The molecule has 0 radical (unpaired) electrons. The van der Waals surface area contributed by atoms with Crippen molar-refractivity contribution in [2.45, 2.75) is 39.5 Å². The number of ether oxygens (including phenoxy) is 1. The number of hydrogen-bond acceptors (Lipinski definition) is 4. The molecule has 0 aliphatic heterocycles. The van der Waals surface area contributed by atoms with E-state index in [1.807, 2.05) is 31.2 Å². The van der Waals surface area contributed by atoms with Crippen molar-refractivity contribution in [2.75, 3.05) is 0 Å². The van der Waals surface area contributed by atoms with Crippen LogP contribution in [0.2, 0.25) is 5.02 Å². The van der Waals surface area contributed by atoms with Gasteiger partial charge in [-0.3, -0.25) is 4.79 Å². The molecule has 1 aromatic heterocycles. The second kappa shape index (κ2) is 7.96. The zero-order chi connectivity index (χ0) is 15.9. The minimum absolute atomic E-state index is 0.00682. The fourth-order valence-electron chi connectivity index (χ4n) is 1.92. The molecule has 0 atom stereocenters. The SMILES string of the molecule is CCCCn1ncc(OCc2ccc(CO)cc2)c(Cl)c1=O. The molecule has 0 saturated carbocycles. The molecular formula is C16H19ClN2O3. The topological polar surface area (TPSA) is 64.3 Å². The second-order valence-corrected chi connectivity index (χ2v) is 5.35. The second-order valence-electron chi connectivity index (χ2n) is 4.97. The molecular weight excluding hydrogens is 304 g/mol. The molecule has 22 heavy (non-hydrogen) atoms. The maximum Gasteiger partial charge on any atom is 0.289 e. The van der Waals surface area contributed by atoms with Gasteiger partial charge in [-0.1, -0.05) is 49.2 Å². The minimum atomic E-state index is -0.330. The summed E-state index contributed by atoms with van der Waals surface area (Å²) in [5.74, 6) is 0.283. The van der Waals surface area contributed by atoms with E-state index in [9.17, 15) is 4.79 Å². The van der Waals surface area contributed by atoms with E-state index in [0.29, 0.717) is 6.54 Å². The predicted molar refractivity (Wildman–Crippen MR) is 85.1 cm³/mol. The fraction of sp³-hybridized carbons (Fsp3) is 0.375. The Morgan fingerprint density at radius 2 is 1.95 bits per heavy atom. The Morgan fingerprint density at radius 3 is 2.59 bits per heavy atom. The summed E-state index contributed by atoms with van der Waals surface area (Å²) in [6, 6.07) is 7.35. The lowest BCUT2D eigenvalue weighted by molar-refractivity contribution is 0.281. The van der Waals surface area contributed by atoms with Gasteiger partial charge in [0.2, 0.25) is 0 Å². The summed E-state index contributed by atoms with van der Waals surface area (Å²) in [7, 11) is 0. The lowest BCUT2D eigenvalue weighted by Crippen LogP contribution is -2.23. The van der Waals surface area contributed by atoms with Crippen LogP contribution in [0.15, 0.2) is 35.3 Å². The van der Waals surface area contributed by atoms with Crippen LogP contribution in [-0.4, -0.2) is 14.9 Å². The predicted octanol–water partition coefficient (Wildman–Crippen LogP) is 2.77. The molecule has 2 aromatic rings. The molecule has 6 heteroatoms. The largest absolute Gasteiger partial charge is 0.485 e. The Balaban J connectivity index is 2.06. The van der Waals surface area contributed by atoms with Crippen LogP contribution in [0.3, 0.4) is 0 Å².